The molecule has 1 N–H and O–H groups in total. The van der Waals surface area contributed by atoms with Crippen molar-refractivity contribution in [2.75, 3.05) is 13.9 Å². The molecule has 0 spiro atoms. The van der Waals surface area contributed by atoms with E-state index in [2.05, 4.69) is 11.6 Å². The predicted octanol–water partition coefficient (Wildman–Crippen LogP) is 3.42. The second-order valence-electron chi connectivity index (χ2n) is 6.23. The summed E-state index contributed by atoms with van der Waals surface area (Å²) < 4.78 is 44.0. The minimum Gasteiger partial charge on any atom is -0.496 e. The molecular weight excluding hydrogens is 354 g/mol. The molecule has 6 nitrogen and oxygen atoms in total. The highest BCUT2D eigenvalue weighted by molar-refractivity contribution is 7.89. The van der Waals surface area contributed by atoms with Crippen LogP contribution in [0.25, 0.3) is 0 Å². The van der Waals surface area contributed by atoms with E-state index < -0.39 is 10.0 Å². The highest BCUT2D eigenvalue weighted by Crippen LogP contribution is 2.33. The number of hydrogen-bond acceptors (Lipinski definition) is 5. The van der Waals surface area contributed by atoms with Crippen molar-refractivity contribution in [3.05, 3.63) is 47.5 Å². The summed E-state index contributed by atoms with van der Waals surface area (Å²) in [6.07, 6.45) is 0.893. The lowest BCUT2D eigenvalue weighted by molar-refractivity contribution is 0.174. The van der Waals surface area contributed by atoms with E-state index in [1.165, 1.54) is 0 Å². The third kappa shape index (κ3) is 3.78. The molecule has 1 aliphatic rings. The Morgan fingerprint density at radius 1 is 1.15 bits per heavy atom. The van der Waals surface area contributed by atoms with E-state index in [1.54, 1.807) is 37.4 Å². The molecular formula is C19H23NO5S. The van der Waals surface area contributed by atoms with Gasteiger partial charge in [0.25, 0.3) is 0 Å². The van der Waals surface area contributed by atoms with Crippen LogP contribution >= 0.6 is 0 Å². The molecule has 1 aliphatic heterocycles. The largest absolute Gasteiger partial charge is 0.496 e. The molecule has 0 bridgehead atoms. The summed E-state index contributed by atoms with van der Waals surface area (Å²) in [5, 5.41) is 0. The average Bonchev–Trinajstić information content (AvgIpc) is 3.13. The number of nitrogens with one attached hydrogen (secondary N) is 1. The summed E-state index contributed by atoms with van der Waals surface area (Å²) in [7, 11) is -2.05. The van der Waals surface area contributed by atoms with Gasteiger partial charge in [-0.25, -0.2) is 13.1 Å². The molecule has 0 unspecified atom stereocenters. The van der Waals surface area contributed by atoms with Crippen LogP contribution in [-0.2, 0) is 16.6 Å². The van der Waals surface area contributed by atoms with Crippen molar-refractivity contribution in [2.24, 2.45) is 0 Å². The molecule has 3 rings (SSSR count). The number of sulfonamides is 1. The second-order valence-corrected chi connectivity index (χ2v) is 7.99. The maximum atomic E-state index is 12.7. The van der Waals surface area contributed by atoms with Crippen LogP contribution in [0.1, 0.15) is 37.3 Å². The summed E-state index contributed by atoms with van der Waals surface area (Å²) in [5.41, 5.74) is 1.69. The van der Waals surface area contributed by atoms with Crippen LogP contribution < -0.4 is 18.9 Å². The number of methoxy groups -OCH3 is 1. The minimum absolute atomic E-state index is 0.170. The van der Waals surface area contributed by atoms with Crippen molar-refractivity contribution in [3.8, 4) is 17.2 Å². The summed E-state index contributed by atoms with van der Waals surface area (Å²) in [6.45, 7) is 4.47. The zero-order valence-corrected chi connectivity index (χ0v) is 15.9. The van der Waals surface area contributed by atoms with Crippen LogP contribution in [0.2, 0.25) is 0 Å². The molecule has 0 aliphatic carbocycles. The topological polar surface area (TPSA) is 73.9 Å². The van der Waals surface area contributed by atoms with Gasteiger partial charge in [-0.05, 0) is 53.8 Å². The molecule has 1 heterocycles. The Kier molecular flexibility index (Phi) is 5.38. The monoisotopic (exact) mass is 377 g/mol. The van der Waals surface area contributed by atoms with Crippen molar-refractivity contribution < 1.29 is 22.6 Å². The van der Waals surface area contributed by atoms with E-state index in [1.807, 2.05) is 13.0 Å². The minimum atomic E-state index is -3.64. The standard InChI is InChI=1S/C19H23NO5S/c1-4-13(2)16-10-15(6-8-17(16)23-3)26(21,22)20-11-14-5-7-18-19(9-14)25-12-24-18/h5-10,13,20H,4,11-12H2,1-3H3/t13-/m1/s1. The fraction of sp³-hybridized carbons (Fsp3) is 0.368. The number of hydrogen-bond donors (Lipinski definition) is 1. The van der Waals surface area contributed by atoms with Crippen LogP contribution in [0.15, 0.2) is 41.3 Å². The lowest BCUT2D eigenvalue weighted by atomic mass is 9.98. The third-order valence-corrected chi connectivity index (χ3v) is 5.96. The second kappa shape index (κ2) is 7.55. The molecule has 2 aromatic carbocycles. The fourth-order valence-electron chi connectivity index (χ4n) is 2.80. The average molecular weight is 377 g/mol. The fourth-order valence-corrected chi connectivity index (χ4v) is 3.85. The number of ether oxygens (including phenoxy) is 3. The molecule has 0 saturated heterocycles. The van der Waals surface area contributed by atoms with Gasteiger partial charge in [0, 0.05) is 6.54 Å². The van der Waals surface area contributed by atoms with Gasteiger partial charge in [-0.1, -0.05) is 19.9 Å². The van der Waals surface area contributed by atoms with E-state index in [4.69, 9.17) is 14.2 Å². The first-order valence-electron chi connectivity index (χ1n) is 8.50. The molecule has 0 saturated carbocycles. The smallest absolute Gasteiger partial charge is 0.240 e. The maximum absolute atomic E-state index is 12.7. The number of fused-ring (bicyclic) bond motifs is 1. The zero-order valence-electron chi connectivity index (χ0n) is 15.1. The Labute approximate surface area is 154 Å². The Morgan fingerprint density at radius 2 is 1.92 bits per heavy atom. The van der Waals surface area contributed by atoms with E-state index in [-0.39, 0.29) is 24.2 Å². The molecule has 140 valence electrons. The molecule has 0 fully saturated rings. The third-order valence-electron chi connectivity index (χ3n) is 4.56. The van der Waals surface area contributed by atoms with Gasteiger partial charge in [-0.2, -0.15) is 0 Å². The molecule has 0 aromatic heterocycles. The normalized spacial score (nSPS) is 14.3. The van der Waals surface area contributed by atoms with Crippen molar-refractivity contribution in [1.29, 1.82) is 0 Å². The van der Waals surface area contributed by atoms with Crippen LogP contribution in [0, 0.1) is 0 Å². The molecule has 0 amide bonds. The summed E-state index contributed by atoms with van der Waals surface area (Å²) in [5.74, 6) is 2.21. The first kappa shape index (κ1) is 18.5. The summed E-state index contributed by atoms with van der Waals surface area (Å²) in [4.78, 5) is 0.231. The molecule has 2 aromatic rings. The van der Waals surface area contributed by atoms with Gasteiger partial charge in [0.1, 0.15) is 5.75 Å². The quantitative estimate of drug-likeness (QED) is 0.800. The lowest BCUT2D eigenvalue weighted by Gasteiger charge is -2.16. The Bertz CT molecular complexity index is 895. The van der Waals surface area contributed by atoms with Gasteiger partial charge in [-0.3, -0.25) is 0 Å². The van der Waals surface area contributed by atoms with Gasteiger partial charge >= 0.3 is 0 Å². The van der Waals surface area contributed by atoms with Crippen LogP contribution in [-0.4, -0.2) is 22.3 Å². The van der Waals surface area contributed by atoms with E-state index in [0.29, 0.717) is 17.2 Å². The first-order valence-corrected chi connectivity index (χ1v) is 9.99. The molecule has 7 heteroatoms. The van der Waals surface area contributed by atoms with Gasteiger partial charge < -0.3 is 14.2 Å². The first-order chi connectivity index (χ1) is 12.4. The SMILES string of the molecule is CC[C@@H](C)c1cc(S(=O)(=O)NCc2ccc3c(c2)OCO3)ccc1OC. The lowest BCUT2D eigenvalue weighted by Crippen LogP contribution is -2.23. The van der Waals surface area contributed by atoms with Gasteiger partial charge in [-0.15, -0.1) is 0 Å². The van der Waals surface area contributed by atoms with Crippen LogP contribution in [0.4, 0.5) is 0 Å². The summed E-state index contributed by atoms with van der Waals surface area (Å²) >= 11 is 0. The van der Waals surface area contributed by atoms with Crippen molar-refractivity contribution in [2.45, 2.75) is 37.6 Å². The van der Waals surface area contributed by atoms with Gasteiger partial charge in [0.15, 0.2) is 11.5 Å². The van der Waals surface area contributed by atoms with Crippen molar-refractivity contribution >= 4 is 10.0 Å². The van der Waals surface area contributed by atoms with Crippen molar-refractivity contribution in [1.82, 2.24) is 4.72 Å². The van der Waals surface area contributed by atoms with Gasteiger partial charge in [0.2, 0.25) is 16.8 Å². The zero-order chi connectivity index (χ0) is 18.7. The van der Waals surface area contributed by atoms with Crippen molar-refractivity contribution in [3.63, 3.8) is 0 Å². The summed E-state index contributed by atoms with van der Waals surface area (Å²) in [6, 6.07) is 10.3. The van der Waals surface area contributed by atoms with E-state index in [9.17, 15) is 8.42 Å². The Hall–Kier alpha value is -2.25. The molecule has 26 heavy (non-hydrogen) atoms. The maximum Gasteiger partial charge on any atom is 0.240 e. The van der Waals surface area contributed by atoms with Gasteiger partial charge in [0.05, 0.1) is 12.0 Å². The number of benzene rings is 2. The molecule has 1 atom stereocenters. The van der Waals surface area contributed by atoms with Crippen LogP contribution in [0.3, 0.4) is 0 Å². The van der Waals surface area contributed by atoms with E-state index >= 15 is 0 Å². The predicted molar refractivity (Wildman–Crippen MR) is 98.3 cm³/mol. The highest BCUT2D eigenvalue weighted by Gasteiger charge is 2.19. The number of rotatable bonds is 7. The Morgan fingerprint density at radius 3 is 2.65 bits per heavy atom. The molecule has 0 radical (unpaired) electrons. The Balaban J connectivity index is 1.79. The van der Waals surface area contributed by atoms with E-state index in [0.717, 1.165) is 17.5 Å². The highest BCUT2D eigenvalue weighted by atomic mass is 32.2. The van der Waals surface area contributed by atoms with Crippen LogP contribution in [0.5, 0.6) is 17.2 Å².